The molecule has 0 bridgehead atoms. The predicted octanol–water partition coefficient (Wildman–Crippen LogP) is 3.83. The fourth-order valence-electron chi connectivity index (χ4n) is 2.59. The highest BCUT2D eigenvalue weighted by Gasteiger charge is 2.06. The monoisotopic (exact) mass is 372 g/mol. The molecule has 0 saturated heterocycles. The van der Waals surface area contributed by atoms with Crippen molar-refractivity contribution in [3.63, 3.8) is 0 Å². The third-order valence-electron chi connectivity index (χ3n) is 4.08. The van der Waals surface area contributed by atoms with Gasteiger partial charge in [0.25, 0.3) is 0 Å². The molecule has 0 saturated carbocycles. The third kappa shape index (κ3) is 4.63. The molecule has 4 nitrogen and oxygen atoms in total. The second-order valence-electron chi connectivity index (χ2n) is 5.99. The highest BCUT2D eigenvalue weighted by atomic mass is 19.1. The van der Waals surface area contributed by atoms with Crippen LogP contribution in [0.2, 0.25) is 0 Å². The van der Waals surface area contributed by atoms with Gasteiger partial charge in [0.1, 0.15) is 18.2 Å². The molecule has 0 fully saturated rings. The Morgan fingerprint density at radius 1 is 1.00 bits per heavy atom. The molecular formula is C23H15FNO3-. The van der Waals surface area contributed by atoms with Gasteiger partial charge in [0, 0.05) is 5.56 Å². The van der Waals surface area contributed by atoms with E-state index < -0.39 is 5.97 Å². The lowest BCUT2D eigenvalue weighted by Gasteiger charge is -2.11. The molecule has 3 rings (SSSR count). The number of para-hydroxylation sites is 1. The molecule has 28 heavy (non-hydrogen) atoms. The molecule has 0 unspecified atom stereocenters. The molecule has 0 N–H and O–H groups in total. The van der Waals surface area contributed by atoms with Gasteiger partial charge in [0.05, 0.1) is 17.6 Å². The van der Waals surface area contributed by atoms with E-state index in [1.54, 1.807) is 36.4 Å². The number of ether oxygens (including phenoxy) is 1. The summed E-state index contributed by atoms with van der Waals surface area (Å²) >= 11 is 0. The number of carboxylic acid groups (broad SMARTS) is 1. The Morgan fingerprint density at radius 2 is 1.64 bits per heavy atom. The smallest absolute Gasteiger partial charge is 0.127 e. The molecule has 0 spiro atoms. The van der Waals surface area contributed by atoms with Crippen LogP contribution < -0.4 is 9.84 Å². The number of nitriles is 1. The number of hydrogen-bond acceptors (Lipinski definition) is 4. The molecule has 3 aromatic rings. The van der Waals surface area contributed by atoms with Gasteiger partial charge in [-0.05, 0) is 41.0 Å². The number of carbonyl (C=O) groups excluding carboxylic acids is 1. The summed E-state index contributed by atoms with van der Waals surface area (Å²) in [6.45, 7) is 0.233. The van der Waals surface area contributed by atoms with Gasteiger partial charge in [0.2, 0.25) is 0 Å². The van der Waals surface area contributed by atoms with Crippen LogP contribution in [0, 0.1) is 17.1 Å². The van der Waals surface area contributed by atoms with Crippen molar-refractivity contribution >= 4 is 17.6 Å². The van der Waals surface area contributed by atoms with E-state index in [1.165, 1.54) is 24.3 Å². The Hall–Kier alpha value is -3.91. The Bertz CT molecular complexity index is 1050. The number of aromatic carboxylic acids is 1. The molecule has 0 heterocycles. The van der Waals surface area contributed by atoms with Gasteiger partial charge in [-0.15, -0.1) is 0 Å². The molecule has 3 aromatic carbocycles. The van der Waals surface area contributed by atoms with Gasteiger partial charge in [0.15, 0.2) is 0 Å². The van der Waals surface area contributed by atoms with Crippen LogP contribution in [-0.2, 0) is 6.61 Å². The van der Waals surface area contributed by atoms with Gasteiger partial charge in [-0.3, -0.25) is 0 Å². The minimum atomic E-state index is -1.23. The summed E-state index contributed by atoms with van der Waals surface area (Å²) in [6.07, 6.45) is 1.68. The van der Waals surface area contributed by atoms with E-state index in [4.69, 9.17) is 4.74 Å². The van der Waals surface area contributed by atoms with Crippen molar-refractivity contribution in [2.45, 2.75) is 6.61 Å². The van der Waals surface area contributed by atoms with Gasteiger partial charge >= 0.3 is 0 Å². The van der Waals surface area contributed by atoms with Gasteiger partial charge in [-0.25, -0.2) is 4.39 Å². The van der Waals surface area contributed by atoms with Gasteiger partial charge in [-0.1, -0.05) is 54.6 Å². The van der Waals surface area contributed by atoms with E-state index in [9.17, 15) is 19.6 Å². The topological polar surface area (TPSA) is 73.1 Å². The number of halogens is 1. The first-order valence-electron chi connectivity index (χ1n) is 8.46. The predicted molar refractivity (Wildman–Crippen MR) is 101 cm³/mol. The van der Waals surface area contributed by atoms with Gasteiger partial charge in [-0.2, -0.15) is 5.26 Å². The van der Waals surface area contributed by atoms with Crippen LogP contribution in [0.3, 0.4) is 0 Å². The molecule has 0 amide bonds. The molecule has 0 aromatic heterocycles. The molecule has 0 atom stereocenters. The Balaban J connectivity index is 1.81. The van der Waals surface area contributed by atoms with E-state index in [0.717, 1.165) is 5.56 Å². The van der Waals surface area contributed by atoms with Crippen LogP contribution in [0.15, 0.2) is 72.8 Å². The molecule has 5 heteroatoms. The molecule has 0 aliphatic heterocycles. The highest BCUT2D eigenvalue weighted by Crippen LogP contribution is 2.25. The van der Waals surface area contributed by atoms with Crippen LogP contribution in [0.25, 0.3) is 11.6 Å². The van der Waals surface area contributed by atoms with E-state index in [0.29, 0.717) is 22.4 Å². The maximum absolute atomic E-state index is 13.1. The molecular weight excluding hydrogens is 357 g/mol. The van der Waals surface area contributed by atoms with Crippen molar-refractivity contribution in [3.8, 4) is 11.8 Å². The van der Waals surface area contributed by atoms with Crippen LogP contribution in [0.5, 0.6) is 5.75 Å². The lowest BCUT2D eigenvalue weighted by Crippen LogP contribution is -2.22. The number of rotatable bonds is 6. The quantitative estimate of drug-likeness (QED) is 0.487. The summed E-state index contributed by atoms with van der Waals surface area (Å²) in [5, 5.41) is 20.3. The maximum Gasteiger partial charge on any atom is 0.127 e. The zero-order chi connectivity index (χ0) is 19.9. The van der Waals surface area contributed by atoms with Crippen molar-refractivity contribution in [3.05, 3.63) is 101 Å². The average molecular weight is 372 g/mol. The van der Waals surface area contributed by atoms with Crippen molar-refractivity contribution in [2.24, 2.45) is 0 Å². The van der Waals surface area contributed by atoms with E-state index in [-0.39, 0.29) is 18.0 Å². The summed E-state index contributed by atoms with van der Waals surface area (Å²) in [7, 11) is 0. The van der Waals surface area contributed by atoms with Crippen LogP contribution in [0.4, 0.5) is 4.39 Å². The van der Waals surface area contributed by atoms with Crippen LogP contribution in [-0.4, -0.2) is 5.97 Å². The van der Waals surface area contributed by atoms with Crippen LogP contribution >= 0.6 is 0 Å². The van der Waals surface area contributed by atoms with Crippen molar-refractivity contribution in [1.82, 2.24) is 0 Å². The Morgan fingerprint density at radius 3 is 2.29 bits per heavy atom. The zero-order valence-electron chi connectivity index (χ0n) is 14.8. The number of carbonyl (C=O) groups is 1. The fraction of sp³-hybridized carbons (Fsp3) is 0.0435. The summed E-state index contributed by atoms with van der Waals surface area (Å²) in [6, 6.07) is 21.3. The number of benzene rings is 3. The first-order chi connectivity index (χ1) is 13.6. The second-order valence-corrected chi connectivity index (χ2v) is 5.99. The molecule has 0 radical (unpaired) electrons. The van der Waals surface area contributed by atoms with E-state index in [1.807, 2.05) is 18.2 Å². The van der Waals surface area contributed by atoms with Crippen molar-refractivity contribution in [2.75, 3.05) is 0 Å². The molecule has 138 valence electrons. The van der Waals surface area contributed by atoms with Gasteiger partial charge < -0.3 is 14.6 Å². The summed E-state index contributed by atoms with van der Waals surface area (Å²) in [5.74, 6) is -1.02. The minimum absolute atomic E-state index is 0.102. The second kappa shape index (κ2) is 8.65. The first kappa shape index (κ1) is 18.9. The van der Waals surface area contributed by atoms with Crippen molar-refractivity contribution < 1.29 is 19.0 Å². The average Bonchev–Trinajstić information content (AvgIpc) is 2.72. The zero-order valence-corrected chi connectivity index (χ0v) is 14.8. The highest BCUT2D eigenvalue weighted by molar-refractivity contribution is 5.90. The summed E-state index contributed by atoms with van der Waals surface area (Å²) in [4.78, 5) is 10.8. The molecule has 0 aliphatic carbocycles. The van der Waals surface area contributed by atoms with Crippen LogP contribution in [0.1, 0.15) is 27.0 Å². The largest absolute Gasteiger partial charge is 0.545 e. The first-order valence-corrected chi connectivity index (χ1v) is 8.46. The standard InChI is InChI=1S/C23H16FNO3/c24-21-11-9-17(10-12-21)20(14-25)13-19-3-1-2-4-22(19)28-15-16-5-7-18(8-6-16)23(26)27/h1-13H,15H2,(H,26,27)/p-1/b20-13+. The Labute approximate surface area is 161 Å². The van der Waals surface area contributed by atoms with E-state index in [2.05, 4.69) is 6.07 Å². The minimum Gasteiger partial charge on any atom is -0.545 e. The SMILES string of the molecule is N#C/C(=C\c1ccccc1OCc1ccc(C(=O)[O-])cc1)c1ccc(F)cc1. The lowest BCUT2D eigenvalue weighted by molar-refractivity contribution is -0.255. The fourth-order valence-corrected chi connectivity index (χ4v) is 2.59. The Kier molecular flexibility index (Phi) is 5.83. The number of carboxylic acids is 1. The lowest BCUT2D eigenvalue weighted by atomic mass is 10.0. The number of nitrogens with zero attached hydrogens (tertiary/aromatic N) is 1. The van der Waals surface area contributed by atoms with Crippen molar-refractivity contribution in [1.29, 1.82) is 5.26 Å². The normalized spacial score (nSPS) is 10.9. The van der Waals surface area contributed by atoms with E-state index >= 15 is 0 Å². The maximum atomic E-state index is 13.1. The number of allylic oxidation sites excluding steroid dienone is 1. The summed E-state index contributed by atoms with van der Waals surface area (Å²) < 4.78 is 19.0. The third-order valence-corrected chi connectivity index (χ3v) is 4.08. The molecule has 0 aliphatic rings. The number of hydrogen-bond donors (Lipinski definition) is 0. The summed E-state index contributed by atoms with van der Waals surface area (Å²) in [5.41, 5.74) is 2.59.